The topological polar surface area (TPSA) is 43.6 Å². The van der Waals surface area contributed by atoms with E-state index >= 15 is 0 Å². The second-order valence-corrected chi connectivity index (χ2v) is 10.3. The Balaban J connectivity index is 1.30. The highest BCUT2D eigenvalue weighted by Gasteiger charge is 2.13. The number of fused-ring (bicyclic) bond motifs is 3. The van der Waals surface area contributed by atoms with Crippen LogP contribution in [0.25, 0.3) is 63.9 Å². The standard InChI is InChI=1S/C39H28N4/c1(2-30-15-21-40-22-16-30)29-7-11-35(12-8-29)43-38-13-9-33(5-3-31-17-23-41-24-18-31)27-36(38)37-28-34(10-14-39(37)43)6-4-32-19-25-42-26-20-32/h1-28H/b2-1+,5-3+,6-4+. The largest absolute Gasteiger partial charge is 0.309 e. The van der Waals surface area contributed by atoms with E-state index in [-0.39, 0.29) is 0 Å². The zero-order valence-corrected chi connectivity index (χ0v) is 23.5. The van der Waals surface area contributed by atoms with Crippen molar-refractivity contribution in [3.63, 3.8) is 0 Å². The molecular weight excluding hydrogens is 524 g/mol. The minimum Gasteiger partial charge on any atom is -0.309 e. The molecular formula is C39H28N4. The predicted molar refractivity (Wildman–Crippen MR) is 180 cm³/mol. The molecule has 7 rings (SSSR count). The molecule has 0 saturated heterocycles. The summed E-state index contributed by atoms with van der Waals surface area (Å²) in [5.74, 6) is 0. The molecule has 0 unspecified atom stereocenters. The molecule has 0 bridgehead atoms. The fourth-order valence-corrected chi connectivity index (χ4v) is 5.28. The molecule has 4 heteroatoms. The van der Waals surface area contributed by atoms with E-state index in [0.29, 0.717) is 0 Å². The SMILES string of the molecule is C(=C\c1ccc(-n2c3ccc(/C=C/c4ccncc4)cc3c3cc(/C=C/c4ccncc4)ccc32)cc1)/c1ccncc1. The van der Waals surface area contributed by atoms with Gasteiger partial charge >= 0.3 is 0 Å². The highest BCUT2D eigenvalue weighted by molar-refractivity contribution is 6.10. The van der Waals surface area contributed by atoms with Gasteiger partial charge in [-0.1, -0.05) is 60.7 Å². The van der Waals surface area contributed by atoms with Gasteiger partial charge in [-0.15, -0.1) is 0 Å². The Morgan fingerprint density at radius 1 is 0.349 bits per heavy atom. The highest BCUT2D eigenvalue weighted by atomic mass is 15.0. The Hall–Kier alpha value is -5.87. The molecule has 7 aromatic rings. The van der Waals surface area contributed by atoms with Crippen LogP contribution in [0, 0.1) is 0 Å². The van der Waals surface area contributed by atoms with Crippen LogP contribution in [-0.4, -0.2) is 19.5 Å². The van der Waals surface area contributed by atoms with Gasteiger partial charge in [0.2, 0.25) is 0 Å². The predicted octanol–water partition coefficient (Wildman–Crippen LogP) is 9.48. The lowest BCUT2D eigenvalue weighted by Crippen LogP contribution is -1.93. The van der Waals surface area contributed by atoms with Crippen molar-refractivity contribution in [2.24, 2.45) is 0 Å². The molecule has 4 nitrogen and oxygen atoms in total. The second-order valence-electron chi connectivity index (χ2n) is 10.3. The van der Waals surface area contributed by atoms with Crippen molar-refractivity contribution >= 4 is 58.3 Å². The number of benzene rings is 3. The maximum atomic E-state index is 4.13. The molecule has 0 atom stereocenters. The fourth-order valence-electron chi connectivity index (χ4n) is 5.28. The third-order valence-corrected chi connectivity index (χ3v) is 7.49. The number of nitrogens with zero attached hydrogens (tertiary/aromatic N) is 4. The second kappa shape index (κ2) is 11.9. The van der Waals surface area contributed by atoms with Gasteiger partial charge in [0.15, 0.2) is 0 Å². The summed E-state index contributed by atoms with van der Waals surface area (Å²) in [7, 11) is 0. The van der Waals surface area contributed by atoms with E-state index in [1.807, 2.05) is 73.6 Å². The lowest BCUT2D eigenvalue weighted by molar-refractivity contribution is 1.18. The average Bonchev–Trinajstić information content (AvgIpc) is 3.40. The van der Waals surface area contributed by atoms with Crippen LogP contribution in [0.2, 0.25) is 0 Å². The average molecular weight is 553 g/mol. The number of pyridine rings is 3. The summed E-state index contributed by atoms with van der Waals surface area (Å²) in [6.07, 6.45) is 23.7. The van der Waals surface area contributed by atoms with Crippen LogP contribution < -0.4 is 0 Å². The highest BCUT2D eigenvalue weighted by Crippen LogP contribution is 2.34. The summed E-state index contributed by atoms with van der Waals surface area (Å²) in [6, 6.07) is 34.2. The maximum Gasteiger partial charge on any atom is 0.0541 e. The lowest BCUT2D eigenvalue weighted by atomic mass is 10.1. The third-order valence-electron chi connectivity index (χ3n) is 7.49. The molecule has 0 aliphatic rings. The Bertz CT molecular complexity index is 1980. The smallest absolute Gasteiger partial charge is 0.0541 e. The number of aromatic nitrogens is 4. The first kappa shape index (κ1) is 26.1. The summed E-state index contributed by atoms with van der Waals surface area (Å²) < 4.78 is 2.35. The lowest BCUT2D eigenvalue weighted by Gasteiger charge is -2.09. The first-order valence-electron chi connectivity index (χ1n) is 14.2. The first-order chi connectivity index (χ1) is 21.3. The molecule has 0 spiro atoms. The zero-order chi connectivity index (χ0) is 28.8. The maximum absolute atomic E-state index is 4.13. The van der Waals surface area contributed by atoms with Gasteiger partial charge in [0, 0.05) is 53.6 Å². The van der Waals surface area contributed by atoms with Crippen LogP contribution in [0.15, 0.2) is 134 Å². The van der Waals surface area contributed by atoms with Gasteiger partial charge in [-0.25, -0.2) is 0 Å². The van der Waals surface area contributed by atoms with E-state index in [0.717, 1.165) is 39.1 Å². The van der Waals surface area contributed by atoms with Gasteiger partial charge in [0.05, 0.1) is 11.0 Å². The van der Waals surface area contributed by atoms with Crippen molar-refractivity contribution in [2.75, 3.05) is 0 Å². The first-order valence-corrected chi connectivity index (χ1v) is 14.2. The molecule has 0 amide bonds. The van der Waals surface area contributed by atoms with E-state index in [1.54, 1.807) is 0 Å². The van der Waals surface area contributed by atoms with Crippen molar-refractivity contribution in [1.82, 2.24) is 19.5 Å². The molecule has 0 saturated carbocycles. The molecule has 3 aromatic carbocycles. The Morgan fingerprint density at radius 2 is 0.674 bits per heavy atom. The van der Waals surface area contributed by atoms with Crippen LogP contribution in [0.5, 0.6) is 0 Å². The number of hydrogen-bond acceptors (Lipinski definition) is 3. The molecule has 0 N–H and O–H groups in total. The molecule has 0 aliphatic carbocycles. The van der Waals surface area contributed by atoms with E-state index < -0.39 is 0 Å². The van der Waals surface area contributed by atoms with E-state index in [4.69, 9.17) is 0 Å². The number of rotatable bonds is 7. The van der Waals surface area contributed by atoms with E-state index in [9.17, 15) is 0 Å². The zero-order valence-electron chi connectivity index (χ0n) is 23.5. The van der Waals surface area contributed by atoms with Crippen LogP contribution >= 0.6 is 0 Å². The van der Waals surface area contributed by atoms with Crippen molar-refractivity contribution in [3.05, 3.63) is 168 Å². The summed E-state index contributed by atoms with van der Waals surface area (Å²) in [5.41, 5.74) is 10.3. The summed E-state index contributed by atoms with van der Waals surface area (Å²) >= 11 is 0. The van der Waals surface area contributed by atoms with Crippen LogP contribution in [0.1, 0.15) is 33.4 Å². The molecule has 4 heterocycles. The third kappa shape index (κ3) is 5.81. The van der Waals surface area contributed by atoms with Gasteiger partial charge in [0.25, 0.3) is 0 Å². The van der Waals surface area contributed by atoms with Crippen molar-refractivity contribution in [2.45, 2.75) is 0 Å². The van der Waals surface area contributed by atoms with Crippen LogP contribution in [0.4, 0.5) is 0 Å². The minimum atomic E-state index is 1.12. The van der Waals surface area contributed by atoms with Crippen molar-refractivity contribution < 1.29 is 0 Å². The van der Waals surface area contributed by atoms with Crippen LogP contribution in [-0.2, 0) is 0 Å². The molecule has 204 valence electrons. The fraction of sp³-hybridized carbons (Fsp3) is 0. The van der Waals surface area contributed by atoms with Gasteiger partial charge in [-0.2, -0.15) is 0 Å². The Morgan fingerprint density at radius 3 is 1.07 bits per heavy atom. The summed E-state index contributed by atoms with van der Waals surface area (Å²) in [5, 5.41) is 2.43. The van der Waals surface area contributed by atoms with E-state index in [1.165, 1.54) is 21.8 Å². The van der Waals surface area contributed by atoms with E-state index in [2.05, 4.69) is 117 Å². The molecule has 0 fully saturated rings. The van der Waals surface area contributed by atoms with Crippen molar-refractivity contribution in [1.29, 1.82) is 0 Å². The van der Waals surface area contributed by atoms with Crippen LogP contribution in [0.3, 0.4) is 0 Å². The Labute approximate surface area is 250 Å². The molecule has 0 radical (unpaired) electrons. The Kier molecular flexibility index (Phi) is 7.23. The van der Waals surface area contributed by atoms with Gasteiger partial charge in [-0.05, 0) is 106 Å². The quantitative estimate of drug-likeness (QED) is 0.198. The van der Waals surface area contributed by atoms with Gasteiger partial charge < -0.3 is 4.57 Å². The van der Waals surface area contributed by atoms with Gasteiger partial charge in [0.1, 0.15) is 0 Å². The minimum absolute atomic E-state index is 1.12. The molecule has 43 heavy (non-hydrogen) atoms. The summed E-state index contributed by atoms with van der Waals surface area (Å²) in [6.45, 7) is 0. The monoisotopic (exact) mass is 552 g/mol. The number of hydrogen-bond donors (Lipinski definition) is 0. The molecule has 0 aliphatic heterocycles. The summed E-state index contributed by atoms with van der Waals surface area (Å²) in [4.78, 5) is 12.4. The normalized spacial score (nSPS) is 11.9. The molecule has 4 aromatic heterocycles. The van der Waals surface area contributed by atoms with Gasteiger partial charge in [-0.3, -0.25) is 15.0 Å². The van der Waals surface area contributed by atoms with Crippen molar-refractivity contribution in [3.8, 4) is 5.69 Å².